The number of benzene rings is 1. The van der Waals surface area contributed by atoms with Crippen LogP contribution < -0.4 is 3.93 Å². The molecule has 1 aliphatic rings. The van der Waals surface area contributed by atoms with Crippen LogP contribution in [0.5, 0.6) is 0 Å². The van der Waals surface area contributed by atoms with Crippen LogP contribution in [0.1, 0.15) is 11.1 Å². The highest BCUT2D eigenvalue weighted by molar-refractivity contribution is 9.10. The first-order valence-electron chi connectivity index (χ1n) is 3.77. The first kappa shape index (κ1) is 7.80. The highest BCUT2D eigenvalue weighted by Crippen LogP contribution is 2.32. The molecule has 2 nitrogen and oxygen atoms in total. The fourth-order valence-electron chi connectivity index (χ4n) is 1.46. The van der Waals surface area contributed by atoms with Crippen molar-refractivity contribution in [3.63, 3.8) is 0 Å². The van der Waals surface area contributed by atoms with E-state index < -0.39 is 0 Å². The number of hydrogen-bond donors (Lipinski definition) is 0. The fraction of sp³-hybridized carbons (Fsp3) is 0.222. The molecule has 1 heterocycles. The maximum atomic E-state index is 11.3. The average molecular weight is 226 g/mol. The van der Waals surface area contributed by atoms with Gasteiger partial charge in [0.1, 0.15) is 0 Å². The van der Waals surface area contributed by atoms with E-state index in [1.807, 2.05) is 25.1 Å². The Labute approximate surface area is 79.5 Å². The van der Waals surface area contributed by atoms with E-state index in [1.54, 1.807) is 0 Å². The van der Waals surface area contributed by atoms with Gasteiger partial charge in [0.05, 0.1) is 28.3 Å². The molecule has 1 amide bonds. The van der Waals surface area contributed by atoms with Gasteiger partial charge in [-0.2, -0.15) is 0 Å². The molecule has 0 atom stereocenters. The van der Waals surface area contributed by atoms with Crippen molar-refractivity contribution in [2.75, 3.05) is 3.93 Å². The molecule has 3 heteroatoms. The molecule has 0 radical (unpaired) electrons. The Hall–Kier alpha value is -0.830. The van der Waals surface area contributed by atoms with Crippen LogP contribution in [0.15, 0.2) is 18.2 Å². The number of rotatable bonds is 0. The van der Waals surface area contributed by atoms with E-state index in [9.17, 15) is 4.79 Å². The summed E-state index contributed by atoms with van der Waals surface area (Å²) in [6, 6.07) is 5.93. The van der Waals surface area contributed by atoms with Crippen molar-refractivity contribution in [3.05, 3.63) is 29.3 Å². The van der Waals surface area contributed by atoms with Crippen LogP contribution in [0.4, 0.5) is 5.69 Å². The molecule has 0 aromatic heterocycles. The van der Waals surface area contributed by atoms with E-state index >= 15 is 0 Å². The predicted octanol–water partition coefficient (Wildman–Crippen LogP) is 2.19. The number of anilines is 1. The lowest BCUT2D eigenvalue weighted by Gasteiger charge is -2.06. The zero-order valence-electron chi connectivity index (χ0n) is 6.67. The summed E-state index contributed by atoms with van der Waals surface area (Å²) in [5, 5.41) is 0. The van der Waals surface area contributed by atoms with Crippen molar-refractivity contribution >= 4 is 27.7 Å². The summed E-state index contributed by atoms with van der Waals surface area (Å²) in [6.07, 6.45) is 0.521. The summed E-state index contributed by atoms with van der Waals surface area (Å²) in [5.41, 5.74) is 3.31. The molecule has 0 saturated heterocycles. The van der Waals surface area contributed by atoms with Crippen molar-refractivity contribution in [3.8, 4) is 0 Å². The maximum absolute atomic E-state index is 11.3. The molecule has 0 aliphatic carbocycles. The van der Waals surface area contributed by atoms with E-state index in [2.05, 4.69) is 16.1 Å². The van der Waals surface area contributed by atoms with Crippen molar-refractivity contribution in [1.82, 2.24) is 0 Å². The Kier molecular flexibility index (Phi) is 1.68. The number of halogens is 1. The van der Waals surface area contributed by atoms with Gasteiger partial charge in [0, 0.05) is 0 Å². The van der Waals surface area contributed by atoms with Gasteiger partial charge in [-0.05, 0) is 24.1 Å². The van der Waals surface area contributed by atoms with Crippen LogP contribution in [-0.2, 0) is 11.2 Å². The van der Waals surface area contributed by atoms with Gasteiger partial charge >= 0.3 is 0 Å². The van der Waals surface area contributed by atoms with Crippen molar-refractivity contribution in [1.29, 1.82) is 0 Å². The van der Waals surface area contributed by atoms with Crippen LogP contribution in [0.25, 0.3) is 0 Å². The van der Waals surface area contributed by atoms with Gasteiger partial charge in [-0.15, -0.1) is 0 Å². The molecule has 0 unspecified atom stereocenters. The summed E-state index contributed by atoms with van der Waals surface area (Å²) >= 11 is 3.22. The van der Waals surface area contributed by atoms with Gasteiger partial charge in [0.2, 0.25) is 5.91 Å². The summed E-state index contributed by atoms with van der Waals surface area (Å²) < 4.78 is 1.54. The first-order valence-corrected chi connectivity index (χ1v) is 4.48. The minimum atomic E-state index is 0.110. The Balaban J connectivity index is 2.60. The third kappa shape index (κ3) is 0.966. The monoisotopic (exact) mass is 225 g/mol. The highest BCUT2D eigenvalue weighted by Gasteiger charge is 2.26. The lowest BCUT2D eigenvalue weighted by molar-refractivity contribution is -0.116. The topological polar surface area (TPSA) is 20.3 Å². The summed E-state index contributed by atoms with van der Waals surface area (Å²) in [7, 11) is 0. The molecule has 62 valence electrons. The Morgan fingerprint density at radius 2 is 2.25 bits per heavy atom. The van der Waals surface area contributed by atoms with Gasteiger partial charge in [0.25, 0.3) is 0 Å². The third-order valence-corrected chi connectivity index (χ3v) is 2.92. The van der Waals surface area contributed by atoms with Gasteiger partial charge in [0.15, 0.2) is 0 Å². The Bertz CT molecular complexity index is 348. The van der Waals surface area contributed by atoms with Crippen molar-refractivity contribution < 1.29 is 4.79 Å². The molecular weight excluding hydrogens is 218 g/mol. The standard InChI is InChI=1S/C9H8BrNO/c1-6-3-2-4-8-7(6)5-9(12)11(8)10/h2-4H,5H2,1H3. The zero-order chi connectivity index (χ0) is 8.72. The minimum Gasteiger partial charge on any atom is -0.273 e. The van der Waals surface area contributed by atoms with E-state index in [4.69, 9.17) is 0 Å². The molecule has 0 bridgehead atoms. The van der Waals surface area contributed by atoms with Crippen LogP contribution in [-0.4, -0.2) is 5.91 Å². The predicted molar refractivity (Wildman–Crippen MR) is 51.3 cm³/mol. The first-order chi connectivity index (χ1) is 5.70. The summed E-state index contributed by atoms with van der Waals surface area (Å²) in [4.78, 5) is 11.3. The van der Waals surface area contributed by atoms with Gasteiger partial charge in [-0.3, -0.25) is 4.79 Å². The second kappa shape index (κ2) is 2.59. The van der Waals surface area contributed by atoms with E-state index in [0.29, 0.717) is 6.42 Å². The summed E-state index contributed by atoms with van der Waals surface area (Å²) in [5.74, 6) is 0.110. The average Bonchev–Trinajstić information content (AvgIpc) is 2.32. The molecule has 1 aromatic carbocycles. The number of carbonyl (C=O) groups excluding carboxylic acids is 1. The van der Waals surface area contributed by atoms with Crippen LogP contribution >= 0.6 is 16.1 Å². The minimum absolute atomic E-state index is 0.110. The van der Waals surface area contributed by atoms with Crippen LogP contribution in [0, 0.1) is 6.92 Å². The van der Waals surface area contributed by atoms with E-state index in [1.165, 1.54) is 9.49 Å². The maximum Gasteiger partial charge on any atom is 0.241 e. The van der Waals surface area contributed by atoms with Gasteiger partial charge in [-0.25, -0.2) is 3.93 Å². The Morgan fingerprint density at radius 3 is 2.92 bits per heavy atom. The van der Waals surface area contributed by atoms with Crippen LogP contribution in [0.2, 0.25) is 0 Å². The molecule has 1 aromatic rings. The Morgan fingerprint density at radius 1 is 1.50 bits per heavy atom. The quantitative estimate of drug-likeness (QED) is 0.621. The SMILES string of the molecule is Cc1cccc2c1CC(=O)N2Br. The normalized spacial score (nSPS) is 15.2. The fourth-order valence-corrected chi connectivity index (χ4v) is 1.91. The molecule has 0 fully saturated rings. The number of amides is 1. The number of carbonyl (C=O) groups is 1. The smallest absolute Gasteiger partial charge is 0.241 e. The van der Waals surface area contributed by atoms with Crippen molar-refractivity contribution in [2.45, 2.75) is 13.3 Å². The number of nitrogens with zero attached hydrogens (tertiary/aromatic N) is 1. The highest BCUT2D eigenvalue weighted by atomic mass is 79.9. The molecule has 0 N–H and O–H groups in total. The number of fused-ring (bicyclic) bond motifs is 1. The van der Waals surface area contributed by atoms with Crippen LogP contribution in [0.3, 0.4) is 0 Å². The number of aryl methyl sites for hydroxylation is 1. The molecule has 0 saturated carbocycles. The lowest BCUT2D eigenvalue weighted by atomic mass is 10.1. The van der Waals surface area contributed by atoms with E-state index in [-0.39, 0.29) is 5.91 Å². The largest absolute Gasteiger partial charge is 0.273 e. The second-order valence-corrected chi connectivity index (χ2v) is 3.63. The lowest BCUT2D eigenvalue weighted by Crippen LogP contribution is -2.13. The van der Waals surface area contributed by atoms with Gasteiger partial charge < -0.3 is 0 Å². The zero-order valence-corrected chi connectivity index (χ0v) is 8.26. The molecule has 1 aliphatic heterocycles. The molecule has 0 spiro atoms. The molecular formula is C9H8BrNO. The second-order valence-electron chi connectivity index (χ2n) is 2.92. The van der Waals surface area contributed by atoms with E-state index in [0.717, 1.165) is 11.3 Å². The molecule has 12 heavy (non-hydrogen) atoms. The van der Waals surface area contributed by atoms with Gasteiger partial charge in [-0.1, -0.05) is 12.1 Å². The molecule has 2 rings (SSSR count). The summed E-state index contributed by atoms with van der Waals surface area (Å²) in [6.45, 7) is 2.03. The van der Waals surface area contributed by atoms with Crippen molar-refractivity contribution in [2.24, 2.45) is 0 Å². The number of hydrogen-bond acceptors (Lipinski definition) is 1. The third-order valence-electron chi connectivity index (χ3n) is 2.14.